The third-order valence-electron chi connectivity index (χ3n) is 3.12. The molecule has 0 bridgehead atoms. The van der Waals surface area contributed by atoms with Gasteiger partial charge in [-0.1, -0.05) is 20.3 Å². The molecule has 84 valence electrons. The lowest BCUT2D eigenvalue weighted by Crippen LogP contribution is -2.34. The van der Waals surface area contributed by atoms with Crippen molar-refractivity contribution in [2.45, 2.75) is 57.2 Å². The highest BCUT2D eigenvalue weighted by Crippen LogP contribution is 2.28. The Balaban J connectivity index is 2.05. The lowest BCUT2D eigenvalue weighted by atomic mass is 10.1. The standard InChI is InChI=1S/C12H25NS/c1-10(2)6-5-9-13-11-7-4-8-12(11)14-3/h10-13H,4-9H2,1-3H3. The molecule has 1 fully saturated rings. The van der Waals surface area contributed by atoms with E-state index in [1.165, 1.54) is 38.6 Å². The van der Waals surface area contributed by atoms with E-state index in [-0.39, 0.29) is 0 Å². The lowest BCUT2D eigenvalue weighted by molar-refractivity contribution is 0.481. The van der Waals surface area contributed by atoms with Crippen molar-refractivity contribution in [3.8, 4) is 0 Å². The average molecular weight is 215 g/mol. The molecule has 2 unspecified atom stereocenters. The number of hydrogen-bond acceptors (Lipinski definition) is 2. The van der Waals surface area contributed by atoms with Gasteiger partial charge in [-0.2, -0.15) is 11.8 Å². The first-order valence-electron chi connectivity index (χ1n) is 6.00. The largest absolute Gasteiger partial charge is 0.313 e. The molecule has 1 saturated carbocycles. The Morgan fingerprint density at radius 3 is 2.79 bits per heavy atom. The molecule has 0 aromatic rings. The second kappa shape index (κ2) is 6.73. The fourth-order valence-corrected chi connectivity index (χ4v) is 3.20. The third-order valence-corrected chi connectivity index (χ3v) is 4.29. The van der Waals surface area contributed by atoms with Crippen LogP contribution < -0.4 is 5.32 Å². The minimum atomic E-state index is 0.803. The predicted molar refractivity (Wildman–Crippen MR) is 67.0 cm³/mol. The fourth-order valence-electron chi connectivity index (χ4n) is 2.24. The van der Waals surface area contributed by atoms with E-state index in [9.17, 15) is 0 Å². The van der Waals surface area contributed by atoms with E-state index in [1.54, 1.807) is 0 Å². The summed E-state index contributed by atoms with van der Waals surface area (Å²) in [6.45, 7) is 5.83. The van der Waals surface area contributed by atoms with Crippen LogP contribution in [0, 0.1) is 5.92 Å². The first-order chi connectivity index (χ1) is 6.74. The number of thioether (sulfide) groups is 1. The summed E-state index contributed by atoms with van der Waals surface area (Å²) in [5.41, 5.74) is 0. The van der Waals surface area contributed by atoms with Gasteiger partial charge in [0.05, 0.1) is 0 Å². The summed E-state index contributed by atoms with van der Waals surface area (Å²) in [4.78, 5) is 0. The van der Waals surface area contributed by atoms with Crippen molar-refractivity contribution in [1.82, 2.24) is 5.32 Å². The zero-order valence-corrected chi connectivity index (χ0v) is 10.7. The molecule has 0 aromatic heterocycles. The van der Waals surface area contributed by atoms with Gasteiger partial charge in [0.1, 0.15) is 0 Å². The van der Waals surface area contributed by atoms with Crippen LogP contribution in [-0.2, 0) is 0 Å². The molecular formula is C12H25NS. The molecule has 0 heterocycles. The lowest BCUT2D eigenvalue weighted by Gasteiger charge is -2.19. The molecule has 0 spiro atoms. The van der Waals surface area contributed by atoms with Crippen LogP contribution in [0.2, 0.25) is 0 Å². The van der Waals surface area contributed by atoms with E-state index in [1.807, 2.05) is 11.8 Å². The van der Waals surface area contributed by atoms with E-state index >= 15 is 0 Å². The highest BCUT2D eigenvalue weighted by molar-refractivity contribution is 7.99. The summed E-state index contributed by atoms with van der Waals surface area (Å²) in [7, 11) is 0. The van der Waals surface area contributed by atoms with Crippen LogP contribution in [0.25, 0.3) is 0 Å². The van der Waals surface area contributed by atoms with E-state index in [0.717, 1.165) is 17.2 Å². The summed E-state index contributed by atoms with van der Waals surface area (Å²) >= 11 is 2.04. The van der Waals surface area contributed by atoms with Crippen molar-refractivity contribution < 1.29 is 0 Å². The summed E-state index contributed by atoms with van der Waals surface area (Å²) < 4.78 is 0. The molecule has 0 radical (unpaired) electrons. The quantitative estimate of drug-likeness (QED) is 0.682. The molecule has 1 aliphatic carbocycles. The SMILES string of the molecule is CSC1CCCC1NCCCC(C)C. The van der Waals surface area contributed by atoms with Crippen LogP contribution >= 0.6 is 11.8 Å². The van der Waals surface area contributed by atoms with Gasteiger partial charge in [-0.05, 0) is 44.4 Å². The van der Waals surface area contributed by atoms with Crippen LogP contribution in [-0.4, -0.2) is 24.1 Å². The van der Waals surface area contributed by atoms with Crippen molar-refractivity contribution in [2.75, 3.05) is 12.8 Å². The number of hydrogen-bond donors (Lipinski definition) is 1. The van der Waals surface area contributed by atoms with Gasteiger partial charge < -0.3 is 5.32 Å². The van der Waals surface area contributed by atoms with Crippen LogP contribution in [0.3, 0.4) is 0 Å². The summed E-state index contributed by atoms with van der Waals surface area (Å²) in [6, 6.07) is 0.803. The van der Waals surface area contributed by atoms with Gasteiger partial charge in [-0.15, -0.1) is 0 Å². The maximum absolute atomic E-state index is 3.72. The second-order valence-corrected chi connectivity index (χ2v) is 5.88. The maximum Gasteiger partial charge on any atom is 0.0198 e. The topological polar surface area (TPSA) is 12.0 Å². The molecule has 0 aliphatic heterocycles. The Labute approximate surface area is 93.4 Å². The van der Waals surface area contributed by atoms with Gasteiger partial charge in [0, 0.05) is 11.3 Å². The molecule has 14 heavy (non-hydrogen) atoms. The highest BCUT2D eigenvalue weighted by Gasteiger charge is 2.25. The Bertz CT molecular complexity index is 147. The molecule has 1 nitrogen and oxygen atoms in total. The molecule has 0 amide bonds. The maximum atomic E-state index is 3.72. The summed E-state index contributed by atoms with van der Waals surface area (Å²) in [5.74, 6) is 0.858. The predicted octanol–water partition coefficient (Wildman–Crippen LogP) is 3.30. The molecule has 2 heteroatoms. The average Bonchev–Trinajstić information content (AvgIpc) is 2.59. The van der Waals surface area contributed by atoms with E-state index < -0.39 is 0 Å². The second-order valence-electron chi connectivity index (χ2n) is 4.80. The first kappa shape index (κ1) is 12.4. The minimum Gasteiger partial charge on any atom is -0.313 e. The molecule has 0 saturated heterocycles. The Morgan fingerprint density at radius 1 is 1.36 bits per heavy atom. The van der Waals surface area contributed by atoms with Crippen molar-refractivity contribution in [3.05, 3.63) is 0 Å². The fraction of sp³-hybridized carbons (Fsp3) is 1.00. The van der Waals surface area contributed by atoms with Crippen LogP contribution in [0.1, 0.15) is 46.0 Å². The van der Waals surface area contributed by atoms with Gasteiger partial charge in [0.2, 0.25) is 0 Å². The van der Waals surface area contributed by atoms with Gasteiger partial charge in [-0.3, -0.25) is 0 Å². The normalized spacial score (nSPS) is 27.4. The van der Waals surface area contributed by atoms with Crippen LogP contribution in [0.4, 0.5) is 0 Å². The molecule has 1 N–H and O–H groups in total. The molecular weight excluding hydrogens is 190 g/mol. The number of nitrogens with one attached hydrogen (secondary N) is 1. The Morgan fingerprint density at radius 2 is 2.14 bits per heavy atom. The highest BCUT2D eigenvalue weighted by atomic mass is 32.2. The van der Waals surface area contributed by atoms with E-state index in [4.69, 9.17) is 0 Å². The van der Waals surface area contributed by atoms with Crippen molar-refractivity contribution in [2.24, 2.45) is 5.92 Å². The van der Waals surface area contributed by atoms with Gasteiger partial charge in [0.25, 0.3) is 0 Å². The molecule has 1 aliphatic rings. The molecule has 2 atom stereocenters. The van der Waals surface area contributed by atoms with Crippen molar-refractivity contribution in [1.29, 1.82) is 0 Å². The molecule has 1 rings (SSSR count). The van der Waals surface area contributed by atoms with Gasteiger partial charge >= 0.3 is 0 Å². The Kier molecular flexibility index (Phi) is 5.95. The monoisotopic (exact) mass is 215 g/mol. The number of rotatable bonds is 6. The third kappa shape index (κ3) is 4.22. The van der Waals surface area contributed by atoms with Crippen molar-refractivity contribution in [3.63, 3.8) is 0 Å². The van der Waals surface area contributed by atoms with Crippen LogP contribution in [0.5, 0.6) is 0 Å². The summed E-state index contributed by atoms with van der Waals surface area (Å²) in [5, 5.41) is 4.60. The first-order valence-corrected chi connectivity index (χ1v) is 7.29. The van der Waals surface area contributed by atoms with Gasteiger partial charge in [0.15, 0.2) is 0 Å². The summed E-state index contributed by atoms with van der Waals surface area (Å²) in [6.07, 6.45) is 9.20. The van der Waals surface area contributed by atoms with Crippen LogP contribution in [0.15, 0.2) is 0 Å². The van der Waals surface area contributed by atoms with E-state index in [0.29, 0.717) is 0 Å². The smallest absolute Gasteiger partial charge is 0.0198 e. The van der Waals surface area contributed by atoms with Crippen molar-refractivity contribution >= 4 is 11.8 Å². The van der Waals surface area contributed by atoms with E-state index in [2.05, 4.69) is 25.4 Å². The minimum absolute atomic E-state index is 0.803. The van der Waals surface area contributed by atoms with Gasteiger partial charge in [-0.25, -0.2) is 0 Å². The Hall–Kier alpha value is 0.310. The zero-order chi connectivity index (χ0) is 10.4. The zero-order valence-electron chi connectivity index (χ0n) is 9.88. The molecule has 0 aromatic carbocycles.